The van der Waals surface area contributed by atoms with Crippen LogP contribution in [0.25, 0.3) is 0 Å². The van der Waals surface area contributed by atoms with E-state index in [9.17, 15) is 9.59 Å². The predicted molar refractivity (Wildman–Crippen MR) is 56.0 cm³/mol. The lowest BCUT2D eigenvalue weighted by molar-refractivity contribution is -0.129. The van der Waals surface area contributed by atoms with Crippen molar-refractivity contribution >= 4 is 12.0 Å². The van der Waals surface area contributed by atoms with Crippen molar-refractivity contribution in [2.24, 2.45) is 0 Å². The van der Waals surface area contributed by atoms with Gasteiger partial charge in [0.1, 0.15) is 12.8 Å². The van der Waals surface area contributed by atoms with Crippen molar-refractivity contribution in [3.63, 3.8) is 0 Å². The molecule has 2 amide bonds. The number of ether oxygens (including phenoxy) is 1. The van der Waals surface area contributed by atoms with Crippen molar-refractivity contribution in [3.8, 4) is 0 Å². The van der Waals surface area contributed by atoms with Crippen molar-refractivity contribution in [2.45, 2.75) is 6.04 Å². The van der Waals surface area contributed by atoms with E-state index >= 15 is 0 Å². The molecule has 0 saturated carbocycles. The molecule has 2 N–H and O–H groups in total. The van der Waals surface area contributed by atoms with Crippen LogP contribution in [0, 0.1) is 0 Å². The first-order chi connectivity index (χ1) is 7.56. The zero-order valence-electron chi connectivity index (χ0n) is 9.47. The molecule has 7 nitrogen and oxygen atoms in total. The third-order valence-electron chi connectivity index (χ3n) is 2.52. The van der Waals surface area contributed by atoms with Crippen LogP contribution in [-0.4, -0.2) is 73.5 Å². The molecule has 1 unspecified atom stereocenters. The summed E-state index contributed by atoms with van der Waals surface area (Å²) in [5, 5.41) is 11.5. The smallest absolute Gasteiger partial charge is 0.408 e. The van der Waals surface area contributed by atoms with Crippen molar-refractivity contribution < 1.29 is 19.4 Å². The second kappa shape index (κ2) is 5.66. The average molecular weight is 231 g/mol. The Morgan fingerprint density at radius 3 is 2.75 bits per heavy atom. The average Bonchev–Trinajstić information content (AvgIpc) is 2.25. The summed E-state index contributed by atoms with van der Waals surface area (Å²) >= 11 is 0. The van der Waals surface area contributed by atoms with E-state index < -0.39 is 12.1 Å². The minimum Gasteiger partial charge on any atom is -0.465 e. The molecule has 16 heavy (non-hydrogen) atoms. The molecule has 0 aromatic carbocycles. The third kappa shape index (κ3) is 3.07. The van der Waals surface area contributed by atoms with Gasteiger partial charge in [-0.2, -0.15) is 0 Å². The molecule has 0 spiro atoms. The maximum atomic E-state index is 11.7. The number of rotatable bonds is 3. The van der Waals surface area contributed by atoms with E-state index in [0.717, 1.165) is 4.90 Å². The highest BCUT2D eigenvalue weighted by molar-refractivity contribution is 5.85. The van der Waals surface area contributed by atoms with E-state index in [4.69, 9.17) is 9.84 Å². The van der Waals surface area contributed by atoms with Crippen LogP contribution in [0.1, 0.15) is 0 Å². The van der Waals surface area contributed by atoms with Crippen LogP contribution < -0.4 is 5.32 Å². The highest BCUT2D eigenvalue weighted by Gasteiger charge is 2.33. The van der Waals surface area contributed by atoms with Gasteiger partial charge in [-0.15, -0.1) is 0 Å². The number of carbonyl (C=O) groups is 2. The predicted octanol–water partition coefficient (Wildman–Crippen LogP) is -0.999. The number of hydrogen-bond donors (Lipinski definition) is 2. The van der Waals surface area contributed by atoms with Crippen LogP contribution in [0.5, 0.6) is 0 Å². The summed E-state index contributed by atoms with van der Waals surface area (Å²) in [5.41, 5.74) is 0. The number of piperazine rings is 1. The van der Waals surface area contributed by atoms with Gasteiger partial charge in [0.05, 0.1) is 0 Å². The third-order valence-corrected chi connectivity index (χ3v) is 2.52. The molecular formula is C9H17N3O4. The molecule has 1 rings (SSSR count). The van der Waals surface area contributed by atoms with Gasteiger partial charge in [-0.1, -0.05) is 0 Å². The van der Waals surface area contributed by atoms with Crippen LogP contribution in [0.4, 0.5) is 4.79 Å². The molecule has 92 valence electrons. The van der Waals surface area contributed by atoms with Gasteiger partial charge >= 0.3 is 6.09 Å². The standard InChI is InChI=1S/C9H17N3O4/c1-11-3-4-12(9(14)15)7(5-11)8(13)10-6-16-2/h7H,3-6H2,1-2H3,(H,10,13)(H,14,15). The fourth-order valence-corrected chi connectivity index (χ4v) is 1.63. The topological polar surface area (TPSA) is 82.1 Å². The summed E-state index contributed by atoms with van der Waals surface area (Å²) in [4.78, 5) is 25.7. The fraction of sp³-hybridized carbons (Fsp3) is 0.778. The normalized spacial score (nSPS) is 21.9. The molecule has 1 aliphatic rings. The van der Waals surface area contributed by atoms with Crippen LogP contribution >= 0.6 is 0 Å². The van der Waals surface area contributed by atoms with E-state index in [-0.39, 0.29) is 12.6 Å². The molecule has 0 aromatic rings. The Morgan fingerprint density at radius 1 is 1.50 bits per heavy atom. The molecule has 0 aromatic heterocycles. The number of methoxy groups -OCH3 is 1. The van der Waals surface area contributed by atoms with E-state index in [0.29, 0.717) is 19.6 Å². The van der Waals surface area contributed by atoms with Crippen molar-refractivity contribution in [2.75, 3.05) is 40.5 Å². The molecule has 1 aliphatic heterocycles. The Hall–Kier alpha value is -1.34. The zero-order chi connectivity index (χ0) is 12.1. The zero-order valence-corrected chi connectivity index (χ0v) is 9.47. The first-order valence-electron chi connectivity index (χ1n) is 5.01. The number of nitrogens with zero attached hydrogens (tertiary/aromatic N) is 2. The summed E-state index contributed by atoms with van der Waals surface area (Å²) in [7, 11) is 3.32. The monoisotopic (exact) mass is 231 g/mol. The Labute approximate surface area is 94.0 Å². The summed E-state index contributed by atoms with van der Waals surface area (Å²) in [5.74, 6) is -0.323. The Morgan fingerprint density at radius 2 is 2.19 bits per heavy atom. The Bertz CT molecular complexity index is 271. The molecule has 1 heterocycles. The molecule has 1 atom stereocenters. The van der Waals surface area contributed by atoms with Gasteiger partial charge < -0.3 is 20.1 Å². The largest absolute Gasteiger partial charge is 0.465 e. The number of hydrogen-bond acceptors (Lipinski definition) is 4. The van der Waals surface area contributed by atoms with Crippen molar-refractivity contribution in [3.05, 3.63) is 0 Å². The maximum Gasteiger partial charge on any atom is 0.408 e. The summed E-state index contributed by atoms with van der Waals surface area (Å²) in [6.07, 6.45) is -1.06. The van der Waals surface area contributed by atoms with Crippen molar-refractivity contribution in [1.29, 1.82) is 0 Å². The summed E-state index contributed by atoms with van der Waals surface area (Å²) in [6, 6.07) is -0.661. The number of nitrogens with one attached hydrogen (secondary N) is 1. The Balaban J connectivity index is 2.63. The Kier molecular flexibility index (Phi) is 4.51. The van der Waals surface area contributed by atoms with Crippen molar-refractivity contribution in [1.82, 2.24) is 15.1 Å². The van der Waals surface area contributed by atoms with E-state index in [2.05, 4.69) is 5.32 Å². The minimum atomic E-state index is -1.06. The number of likely N-dealkylation sites (N-methyl/N-ethyl adjacent to an activating group) is 1. The quantitative estimate of drug-likeness (QED) is 0.609. The number of carbonyl (C=O) groups excluding carboxylic acids is 1. The molecule has 0 bridgehead atoms. The van der Waals surface area contributed by atoms with Gasteiger partial charge in [-0.25, -0.2) is 4.79 Å². The van der Waals surface area contributed by atoms with Crippen LogP contribution in [0.2, 0.25) is 0 Å². The van der Waals surface area contributed by atoms with Crippen LogP contribution in [-0.2, 0) is 9.53 Å². The van der Waals surface area contributed by atoms with E-state index in [1.807, 2.05) is 11.9 Å². The fourth-order valence-electron chi connectivity index (χ4n) is 1.63. The van der Waals surface area contributed by atoms with Gasteiger partial charge in [0.15, 0.2) is 0 Å². The highest BCUT2D eigenvalue weighted by Crippen LogP contribution is 2.08. The molecular weight excluding hydrogens is 214 g/mol. The lowest BCUT2D eigenvalue weighted by Gasteiger charge is -2.37. The lowest BCUT2D eigenvalue weighted by atomic mass is 10.1. The first-order valence-corrected chi connectivity index (χ1v) is 5.01. The minimum absolute atomic E-state index is 0.0898. The molecule has 0 aliphatic carbocycles. The molecule has 1 fully saturated rings. The lowest BCUT2D eigenvalue weighted by Crippen LogP contribution is -2.59. The van der Waals surface area contributed by atoms with E-state index in [1.165, 1.54) is 7.11 Å². The van der Waals surface area contributed by atoms with E-state index in [1.54, 1.807) is 0 Å². The summed E-state index contributed by atoms with van der Waals surface area (Å²) < 4.78 is 4.71. The van der Waals surface area contributed by atoms with Gasteiger partial charge in [0.2, 0.25) is 5.91 Å². The number of carboxylic acid groups (broad SMARTS) is 1. The SMILES string of the molecule is COCNC(=O)C1CN(C)CCN1C(=O)O. The van der Waals surface area contributed by atoms with Crippen LogP contribution in [0.15, 0.2) is 0 Å². The highest BCUT2D eigenvalue weighted by atomic mass is 16.5. The molecule has 7 heteroatoms. The summed E-state index contributed by atoms with van der Waals surface area (Å²) in [6.45, 7) is 1.48. The van der Waals surface area contributed by atoms with Gasteiger partial charge in [-0.05, 0) is 7.05 Å². The first kappa shape index (κ1) is 12.7. The van der Waals surface area contributed by atoms with Gasteiger partial charge in [-0.3, -0.25) is 9.69 Å². The van der Waals surface area contributed by atoms with Gasteiger partial charge in [0, 0.05) is 26.7 Å². The molecule has 1 saturated heterocycles. The van der Waals surface area contributed by atoms with Gasteiger partial charge in [0.25, 0.3) is 0 Å². The van der Waals surface area contributed by atoms with Crippen LogP contribution in [0.3, 0.4) is 0 Å². The maximum absolute atomic E-state index is 11.7. The molecule has 0 radical (unpaired) electrons. The second-order valence-electron chi connectivity index (χ2n) is 3.73. The second-order valence-corrected chi connectivity index (χ2v) is 3.73. The number of amides is 2.